The highest BCUT2D eigenvalue weighted by Gasteiger charge is 2.38. The maximum absolute atomic E-state index is 11.6. The van der Waals surface area contributed by atoms with Crippen LogP contribution in [0, 0.1) is 16.7 Å². The number of nitrogens with one attached hydrogen (secondary N) is 2. The van der Waals surface area contributed by atoms with Crippen LogP contribution < -0.4 is 5.32 Å². The molecule has 122 valence electrons. The molecule has 1 aliphatic rings. The SMILES string of the molecule is N#CCC(=O)NCC1(Cc2nnc3cnc4[nH]ccc4n23)CCC1. The van der Waals surface area contributed by atoms with E-state index in [-0.39, 0.29) is 17.7 Å². The van der Waals surface area contributed by atoms with Gasteiger partial charge in [0.15, 0.2) is 11.3 Å². The molecule has 3 aromatic heterocycles. The van der Waals surface area contributed by atoms with E-state index in [0.29, 0.717) is 6.54 Å². The van der Waals surface area contributed by atoms with Crippen molar-refractivity contribution in [1.29, 1.82) is 5.26 Å². The second-order valence-corrected chi connectivity index (χ2v) is 6.42. The average Bonchev–Trinajstić information content (AvgIpc) is 3.16. The van der Waals surface area contributed by atoms with E-state index in [0.717, 1.165) is 48.3 Å². The molecule has 1 saturated carbocycles. The summed E-state index contributed by atoms with van der Waals surface area (Å²) in [6, 6.07) is 3.84. The number of H-pyrrole nitrogens is 1. The van der Waals surface area contributed by atoms with Crippen LogP contribution in [0.4, 0.5) is 0 Å². The van der Waals surface area contributed by atoms with Gasteiger partial charge in [-0.05, 0) is 24.3 Å². The standard InChI is InChI=1S/C16H17N7O/c17-6-2-14(24)20-10-16(4-1-5-16)8-12-21-22-13-9-19-15-11(23(12)13)3-7-18-15/h3,7,9,18H,1-2,4-5,8,10H2,(H,20,24). The molecule has 8 nitrogen and oxygen atoms in total. The first-order valence-corrected chi connectivity index (χ1v) is 8.01. The number of fused-ring (bicyclic) bond motifs is 3. The predicted octanol–water partition coefficient (Wildman–Crippen LogP) is 1.35. The van der Waals surface area contributed by atoms with Crippen molar-refractivity contribution in [2.24, 2.45) is 5.41 Å². The molecule has 0 radical (unpaired) electrons. The summed E-state index contributed by atoms with van der Waals surface area (Å²) in [6.07, 6.45) is 7.42. The highest BCUT2D eigenvalue weighted by molar-refractivity contribution is 5.78. The Labute approximate surface area is 137 Å². The lowest BCUT2D eigenvalue weighted by atomic mass is 9.66. The van der Waals surface area contributed by atoms with Crippen molar-refractivity contribution in [3.8, 4) is 6.07 Å². The summed E-state index contributed by atoms with van der Waals surface area (Å²) in [7, 11) is 0. The number of nitriles is 1. The van der Waals surface area contributed by atoms with Crippen LogP contribution in [0.25, 0.3) is 16.8 Å². The van der Waals surface area contributed by atoms with Crippen molar-refractivity contribution in [1.82, 2.24) is 29.9 Å². The molecule has 24 heavy (non-hydrogen) atoms. The first kappa shape index (κ1) is 14.6. The Morgan fingerprint density at radius 2 is 2.33 bits per heavy atom. The summed E-state index contributed by atoms with van der Waals surface area (Å²) in [5.41, 5.74) is 2.48. The molecule has 0 spiro atoms. The van der Waals surface area contributed by atoms with Crippen molar-refractivity contribution < 1.29 is 4.79 Å². The van der Waals surface area contributed by atoms with Gasteiger partial charge in [0.1, 0.15) is 12.2 Å². The number of aromatic amines is 1. The second kappa shape index (κ2) is 5.60. The number of nitrogens with zero attached hydrogens (tertiary/aromatic N) is 5. The highest BCUT2D eigenvalue weighted by Crippen LogP contribution is 2.43. The molecule has 3 heterocycles. The average molecular weight is 323 g/mol. The molecule has 8 heteroatoms. The number of aromatic nitrogens is 5. The van der Waals surface area contributed by atoms with Gasteiger partial charge in [0.05, 0.1) is 17.8 Å². The van der Waals surface area contributed by atoms with E-state index >= 15 is 0 Å². The molecule has 3 aromatic rings. The monoisotopic (exact) mass is 323 g/mol. The fourth-order valence-electron chi connectivity index (χ4n) is 3.40. The summed E-state index contributed by atoms with van der Waals surface area (Å²) in [5, 5.41) is 20.1. The Morgan fingerprint density at radius 3 is 3.08 bits per heavy atom. The predicted molar refractivity (Wildman–Crippen MR) is 85.9 cm³/mol. The smallest absolute Gasteiger partial charge is 0.234 e. The Bertz CT molecular complexity index is 944. The molecular formula is C16H17N7O. The van der Waals surface area contributed by atoms with E-state index < -0.39 is 0 Å². The zero-order valence-electron chi connectivity index (χ0n) is 13.1. The quantitative estimate of drug-likeness (QED) is 0.736. The summed E-state index contributed by atoms with van der Waals surface area (Å²) in [4.78, 5) is 19.0. The number of hydrogen-bond donors (Lipinski definition) is 2. The first-order valence-electron chi connectivity index (χ1n) is 8.01. The third-order valence-electron chi connectivity index (χ3n) is 4.86. The molecule has 0 atom stereocenters. The van der Waals surface area contributed by atoms with Gasteiger partial charge in [-0.15, -0.1) is 10.2 Å². The number of carbonyl (C=O) groups is 1. The van der Waals surface area contributed by atoms with Gasteiger partial charge in [-0.25, -0.2) is 4.98 Å². The van der Waals surface area contributed by atoms with E-state index in [1.807, 2.05) is 22.7 Å². The zero-order chi connectivity index (χ0) is 16.6. The molecule has 1 aliphatic carbocycles. The van der Waals surface area contributed by atoms with E-state index in [2.05, 4.69) is 25.5 Å². The zero-order valence-corrected chi connectivity index (χ0v) is 13.1. The van der Waals surface area contributed by atoms with Crippen LogP contribution >= 0.6 is 0 Å². The molecule has 0 aliphatic heterocycles. The topological polar surface area (TPSA) is 112 Å². The lowest BCUT2D eigenvalue weighted by Crippen LogP contribution is -2.44. The summed E-state index contributed by atoms with van der Waals surface area (Å²) in [5.74, 6) is 0.665. The molecule has 0 saturated heterocycles. The third kappa shape index (κ3) is 2.38. The molecule has 1 amide bonds. The molecule has 2 N–H and O–H groups in total. The van der Waals surface area contributed by atoms with Gasteiger partial charge in [0.25, 0.3) is 0 Å². The van der Waals surface area contributed by atoms with Crippen LogP contribution in [-0.4, -0.2) is 37.0 Å². The van der Waals surface area contributed by atoms with Crippen molar-refractivity contribution in [3.05, 3.63) is 24.3 Å². The Balaban J connectivity index is 1.62. The van der Waals surface area contributed by atoms with Gasteiger partial charge in [-0.1, -0.05) is 6.42 Å². The van der Waals surface area contributed by atoms with Crippen LogP contribution in [0.1, 0.15) is 31.5 Å². The largest absolute Gasteiger partial charge is 0.355 e. The fraction of sp³-hybridized carbons (Fsp3) is 0.438. The Morgan fingerprint density at radius 1 is 1.46 bits per heavy atom. The van der Waals surface area contributed by atoms with Gasteiger partial charge in [0.2, 0.25) is 5.91 Å². The Hall–Kier alpha value is -2.95. The van der Waals surface area contributed by atoms with Gasteiger partial charge >= 0.3 is 0 Å². The van der Waals surface area contributed by atoms with Crippen LogP contribution in [0.5, 0.6) is 0 Å². The van der Waals surface area contributed by atoms with Crippen LogP contribution in [-0.2, 0) is 11.2 Å². The summed E-state index contributed by atoms with van der Waals surface area (Å²) in [6.45, 7) is 0.573. The minimum atomic E-state index is -0.216. The van der Waals surface area contributed by atoms with Crippen LogP contribution in [0.15, 0.2) is 18.5 Å². The number of carbonyl (C=O) groups excluding carboxylic acids is 1. The first-order chi connectivity index (χ1) is 11.7. The lowest BCUT2D eigenvalue weighted by Gasteiger charge is -2.41. The number of amides is 1. The number of rotatable bonds is 5. The minimum absolute atomic E-state index is 0.0000203. The fourth-order valence-corrected chi connectivity index (χ4v) is 3.40. The summed E-state index contributed by atoms with van der Waals surface area (Å²) >= 11 is 0. The minimum Gasteiger partial charge on any atom is -0.355 e. The number of hydrogen-bond acceptors (Lipinski definition) is 5. The van der Waals surface area contributed by atoms with Gasteiger partial charge in [-0.3, -0.25) is 9.20 Å². The van der Waals surface area contributed by atoms with E-state index in [4.69, 9.17) is 5.26 Å². The van der Waals surface area contributed by atoms with Crippen molar-refractivity contribution >= 4 is 22.7 Å². The highest BCUT2D eigenvalue weighted by atomic mass is 16.1. The van der Waals surface area contributed by atoms with Gasteiger partial charge in [-0.2, -0.15) is 5.26 Å². The van der Waals surface area contributed by atoms with Crippen molar-refractivity contribution in [3.63, 3.8) is 0 Å². The van der Waals surface area contributed by atoms with E-state index in [1.54, 1.807) is 6.20 Å². The molecule has 1 fully saturated rings. The Kier molecular flexibility index (Phi) is 3.41. The van der Waals surface area contributed by atoms with Crippen molar-refractivity contribution in [2.75, 3.05) is 6.54 Å². The lowest BCUT2D eigenvalue weighted by molar-refractivity contribution is -0.121. The molecule has 4 rings (SSSR count). The molecular weight excluding hydrogens is 306 g/mol. The normalized spacial score (nSPS) is 16.0. The van der Waals surface area contributed by atoms with E-state index in [9.17, 15) is 4.79 Å². The summed E-state index contributed by atoms with van der Waals surface area (Å²) < 4.78 is 2.02. The van der Waals surface area contributed by atoms with E-state index in [1.165, 1.54) is 0 Å². The van der Waals surface area contributed by atoms with Crippen LogP contribution in [0.2, 0.25) is 0 Å². The maximum atomic E-state index is 11.6. The molecule has 0 bridgehead atoms. The van der Waals surface area contributed by atoms with Gasteiger partial charge < -0.3 is 10.3 Å². The van der Waals surface area contributed by atoms with Crippen molar-refractivity contribution in [2.45, 2.75) is 32.1 Å². The third-order valence-corrected chi connectivity index (χ3v) is 4.86. The van der Waals surface area contributed by atoms with Crippen LogP contribution in [0.3, 0.4) is 0 Å². The maximum Gasteiger partial charge on any atom is 0.234 e. The second-order valence-electron chi connectivity index (χ2n) is 6.42. The van der Waals surface area contributed by atoms with Gasteiger partial charge in [0, 0.05) is 19.2 Å². The molecule has 0 unspecified atom stereocenters. The molecule has 0 aromatic carbocycles.